The van der Waals surface area contributed by atoms with Gasteiger partial charge in [0.25, 0.3) is 5.91 Å². The van der Waals surface area contributed by atoms with E-state index in [1.807, 2.05) is 0 Å². The first-order valence-electron chi connectivity index (χ1n) is 3.50. The van der Waals surface area contributed by atoms with E-state index in [-0.39, 0.29) is 13.2 Å². The molecule has 1 atom stereocenters. The lowest BCUT2D eigenvalue weighted by molar-refractivity contribution is -0.174. The molecule has 0 aromatic rings. The average molecular weight is 229 g/mol. The van der Waals surface area contributed by atoms with Gasteiger partial charge in [0, 0.05) is 0 Å². The van der Waals surface area contributed by atoms with Crippen LogP contribution in [0.15, 0.2) is 0 Å². The van der Waals surface area contributed by atoms with Crippen molar-refractivity contribution in [2.75, 3.05) is 13.2 Å². The largest absolute Gasteiger partial charge is 0.510 e. The molecule has 1 N–H and O–H groups in total. The third-order valence-corrected chi connectivity index (χ3v) is 1.79. The smallest absolute Gasteiger partial charge is 0.461 e. The highest BCUT2D eigenvalue weighted by Gasteiger charge is 2.36. The van der Waals surface area contributed by atoms with Gasteiger partial charge in [0.15, 0.2) is 0 Å². The number of nitrogens with one attached hydrogen (secondary N) is 1. The van der Waals surface area contributed by atoms with E-state index < -0.39 is 25.9 Å². The fourth-order valence-corrected chi connectivity index (χ4v) is 1.20. The van der Waals surface area contributed by atoms with Gasteiger partial charge < -0.3 is 9.47 Å². The molecule has 1 rings (SSSR count). The number of carbonyl (C=O) groups is 2. The quantitative estimate of drug-likeness (QED) is 0.412. The van der Waals surface area contributed by atoms with Crippen molar-refractivity contribution in [2.24, 2.45) is 0 Å². The maximum absolute atomic E-state index is 11.9. The Hall–Kier alpha value is -1.01. The molecule has 1 heterocycles. The highest BCUT2D eigenvalue weighted by atomic mass is 31.2. The van der Waals surface area contributed by atoms with Gasteiger partial charge >= 0.3 is 13.9 Å². The first kappa shape index (κ1) is 11.1. The summed E-state index contributed by atoms with van der Waals surface area (Å²) in [7, 11) is -5.70. The number of hydrogen-bond acceptors (Lipinski definition) is 5. The van der Waals surface area contributed by atoms with Gasteiger partial charge in [-0.2, -0.15) is 0 Å². The second kappa shape index (κ2) is 4.02. The van der Waals surface area contributed by atoms with Gasteiger partial charge in [-0.15, -0.1) is 8.39 Å². The zero-order chi connectivity index (χ0) is 10.8. The van der Waals surface area contributed by atoms with E-state index in [1.165, 1.54) is 0 Å². The fraction of sp³-hybridized carbons (Fsp3) is 0.600. The van der Waals surface area contributed by atoms with Crippen LogP contribution in [0.3, 0.4) is 0 Å². The van der Waals surface area contributed by atoms with Gasteiger partial charge in [-0.3, -0.25) is 9.88 Å². The molecule has 0 aliphatic carbocycles. The molecule has 0 bridgehead atoms. The molecule has 80 valence electrons. The Bertz CT molecular complexity index is 302. The lowest BCUT2D eigenvalue weighted by Crippen LogP contribution is -2.44. The lowest BCUT2D eigenvalue weighted by atomic mass is 10.3. The lowest BCUT2D eigenvalue weighted by Gasteiger charge is -2.20. The van der Waals surface area contributed by atoms with Crippen molar-refractivity contribution >= 4 is 19.8 Å². The van der Waals surface area contributed by atoms with Crippen molar-refractivity contribution in [2.45, 2.75) is 6.10 Å². The molecule has 0 spiro atoms. The van der Waals surface area contributed by atoms with Crippen molar-refractivity contribution in [3.05, 3.63) is 0 Å². The van der Waals surface area contributed by atoms with Crippen LogP contribution < -0.4 is 5.09 Å². The normalized spacial score (nSPS) is 22.7. The van der Waals surface area contributed by atoms with Crippen LogP contribution in [-0.2, 0) is 23.6 Å². The Kier molecular flexibility index (Phi) is 3.17. The molecule has 1 aliphatic rings. The molecule has 0 saturated carbocycles. The minimum absolute atomic E-state index is 0.0362. The van der Waals surface area contributed by atoms with Gasteiger partial charge in [0.1, 0.15) is 6.61 Å². The van der Waals surface area contributed by atoms with Crippen molar-refractivity contribution in [3.8, 4) is 0 Å². The Morgan fingerprint density at radius 1 is 1.50 bits per heavy atom. The second-order valence-electron chi connectivity index (χ2n) is 2.36. The van der Waals surface area contributed by atoms with E-state index >= 15 is 0 Å². The van der Waals surface area contributed by atoms with Crippen LogP contribution in [0, 0.1) is 0 Å². The molecule has 9 heteroatoms. The SMILES string of the molecule is O=C(NP(=O)(F)F)C1OCCOC1=O. The average Bonchev–Trinajstić information content (AvgIpc) is 2.01. The molecule has 0 radical (unpaired) electrons. The molecule has 1 amide bonds. The fourth-order valence-electron chi connectivity index (χ4n) is 0.822. The summed E-state index contributed by atoms with van der Waals surface area (Å²) in [5.41, 5.74) is 0. The molecule has 0 aromatic heterocycles. The second-order valence-corrected chi connectivity index (χ2v) is 3.50. The standard InChI is InChI=1S/C5H6F2NO5P/c6-14(7,11)8-4(9)3-5(10)13-2-1-12-3/h3H,1-2H2,(H,8,9,11). The predicted octanol–water partition coefficient (Wildman–Crippen LogP) is 0.0917. The van der Waals surface area contributed by atoms with Crippen molar-refractivity contribution in [1.29, 1.82) is 0 Å². The van der Waals surface area contributed by atoms with E-state index in [9.17, 15) is 22.5 Å². The minimum Gasteiger partial charge on any atom is -0.461 e. The number of rotatable bonds is 2. The molecule has 1 fully saturated rings. The van der Waals surface area contributed by atoms with Crippen LogP contribution in [-0.4, -0.2) is 31.2 Å². The van der Waals surface area contributed by atoms with Crippen LogP contribution in [0.2, 0.25) is 0 Å². The first-order chi connectivity index (χ1) is 6.40. The molecular formula is C5H6F2NO5P. The zero-order valence-corrected chi connectivity index (χ0v) is 7.63. The number of cyclic esters (lactones) is 1. The molecular weight excluding hydrogens is 223 g/mol. The Balaban J connectivity index is 2.59. The molecule has 0 aromatic carbocycles. The Labute approximate surface area is 77.2 Å². The summed E-state index contributed by atoms with van der Waals surface area (Å²) in [6, 6.07) is 0. The number of halogens is 2. The van der Waals surface area contributed by atoms with Crippen LogP contribution in [0.1, 0.15) is 0 Å². The topological polar surface area (TPSA) is 81.7 Å². The number of ether oxygens (including phenoxy) is 2. The number of hydrogen-bond donors (Lipinski definition) is 1. The summed E-state index contributed by atoms with van der Waals surface area (Å²) >= 11 is 0. The zero-order valence-electron chi connectivity index (χ0n) is 6.74. The predicted molar refractivity (Wildman–Crippen MR) is 38.7 cm³/mol. The van der Waals surface area contributed by atoms with Crippen molar-refractivity contribution < 1.29 is 32.0 Å². The summed E-state index contributed by atoms with van der Waals surface area (Å²) in [5.74, 6) is -2.52. The van der Waals surface area contributed by atoms with E-state index in [0.29, 0.717) is 0 Å². The van der Waals surface area contributed by atoms with Gasteiger partial charge in [0.05, 0.1) is 6.61 Å². The van der Waals surface area contributed by atoms with Gasteiger partial charge in [-0.05, 0) is 0 Å². The summed E-state index contributed by atoms with van der Waals surface area (Å²) in [4.78, 5) is 21.6. The monoisotopic (exact) mass is 229 g/mol. The summed E-state index contributed by atoms with van der Waals surface area (Å²) in [5, 5.41) is 0.877. The minimum atomic E-state index is -5.70. The van der Waals surface area contributed by atoms with E-state index in [0.717, 1.165) is 5.09 Å². The summed E-state index contributed by atoms with van der Waals surface area (Å²) in [6.45, 7) is -0.0990. The van der Waals surface area contributed by atoms with Crippen LogP contribution >= 0.6 is 7.91 Å². The van der Waals surface area contributed by atoms with Crippen LogP contribution in [0.25, 0.3) is 0 Å². The Morgan fingerprint density at radius 3 is 2.64 bits per heavy atom. The number of carbonyl (C=O) groups excluding carboxylic acids is 2. The van der Waals surface area contributed by atoms with E-state index in [2.05, 4.69) is 9.47 Å². The third kappa shape index (κ3) is 3.04. The highest BCUT2D eigenvalue weighted by molar-refractivity contribution is 7.51. The summed E-state index contributed by atoms with van der Waals surface area (Å²) < 4.78 is 42.6. The van der Waals surface area contributed by atoms with Gasteiger partial charge in [0.2, 0.25) is 6.10 Å². The molecule has 1 unspecified atom stereocenters. The third-order valence-electron chi connectivity index (χ3n) is 1.30. The Morgan fingerprint density at radius 2 is 2.14 bits per heavy atom. The first-order valence-corrected chi connectivity index (χ1v) is 4.99. The summed E-state index contributed by atoms with van der Waals surface area (Å²) in [6.07, 6.45) is -1.76. The van der Waals surface area contributed by atoms with Crippen molar-refractivity contribution in [1.82, 2.24) is 5.09 Å². The molecule has 6 nitrogen and oxygen atoms in total. The van der Waals surface area contributed by atoms with E-state index in [1.54, 1.807) is 0 Å². The number of esters is 1. The molecule has 1 saturated heterocycles. The van der Waals surface area contributed by atoms with Gasteiger partial charge in [-0.1, -0.05) is 0 Å². The van der Waals surface area contributed by atoms with Gasteiger partial charge in [-0.25, -0.2) is 9.36 Å². The maximum Gasteiger partial charge on any atom is 0.510 e. The van der Waals surface area contributed by atoms with E-state index in [4.69, 9.17) is 0 Å². The van der Waals surface area contributed by atoms with Crippen molar-refractivity contribution in [3.63, 3.8) is 0 Å². The highest BCUT2D eigenvalue weighted by Crippen LogP contribution is 2.44. The number of amides is 1. The van der Waals surface area contributed by atoms with Crippen LogP contribution in [0.5, 0.6) is 0 Å². The van der Waals surface area contributed by atoms with Crippen LogP contribution in [0.4, 0.5) is 8.39 Å². The molecule has 14 heavy (non-hydrogen) atoms. The maximum atomic E-state index is 11.9. The molecule has 1 aliphatic heterocycles.